The minimum absolute atomic E-state index is 0.0454. The highest BCUT2D eigenvalue weighted by Gasteiger charge is 2.20. The van der Waals surface area contributed by atoms with Gasteiger partial charge in [-0.3, -0.25) is 9.78 Å². The maximum atomic E-state index is 12.9. The van der Waals surface area contributed by atoms with Crippen molar-refractivity contribution in [2.75, 3.05) is 29.4 Å². The van der Waals surface area contributed by atoms with Crippen LogP contribution in [0.2, 0.25) is 0 Å². The molecule has 2 aromatic rings. The lowest BCUT2D eigenvalue weighted by Gasteiger charge is -2.32. The van der Waals surface area contributed by atoms with Crippen molar-refractivity contribution in [1.29, 1.82) is 0 Å². The molecule has 0 radical (unpaired) electrons. The van der Waals surface area contributed by atoms with Crippen molar-refractivity contribution in [2.24, 2.45) is 5.92 Å². The van der Waals surface area contributed by atoms with Crippen LogP contribution in [0.5, 0.6) is 0 Å². The number of carbonyl (C=O) groups excluding carboxylic acids is 1. The van der Waals surface area contributed by atoms with E-state index in [1.807, 2.05) is 49.4 Å². The summed E-state index contributed by atoms with van der Waals surface area (Å²) in [5.74, 6) is 0.744. The Balaban J connectivity index is 1.81. The number of para-hydroxylation sites is 1. The second-order valence-corrected chi connectivity index (χ2v) is 6.45. The lowest BCUT2D eigenvalue weighted by molar-refractivity contribution is 0.0983. The average Bonchev–Trinajstić information content (AvgIpc) is 2.64. The average molecular weight is 323 g/mol. The molecule has 1 aromatic heterocycles. The third kappa shape index (κ3) is 3.58. The SMILES string of the molecule is CCN(C(=O)c1cc(N2CCC(C)CC2)ccn1)c1ccccc1. The molecule has 1 saturated heterocycles. The first kappa shape index (κ1) is 16.5. The molecule has 1 amide bonds. The van der Waals surface area contributed by atoms with Crippen LogP contribution in [0, 0.1) is 5.92 Å². The molecule has 4 nitrogen and oxygen atoms in total. The molecule has 0 atom stereocenters. The molecule has 0 spiro atoms. The Morgan fingerprint density at radius 3 is 2.58 bits per heavy atom. The van der Waals surface area contributed by atoms with E-state index in [4.69, 9.17) is 0 Å². The molecule has 24 heavy (non-hydrogen) atoms. The predicted octanol–water partition coefficient (Wildman–Crippen LogP) is 3.98. The van der Waals surface area contributed by atoms with Crippen LogP contribution in [0.25, 0.3) is 0 Å². The van der Waals surface area contributed by atoms with Crippen LogP contribution in [0.15, 0.2) is 48.7 Å². The van der Waals surface area contributed by atoms with E-state index in [9.17, 15) is 4.79 Å². The zero-order valence-corrected chi connectivity index (χ0v) is 14.5. The fourth-order valence-corrected chi connectivity index (χ4v) is 3.19. The van der Waals surface area contributed by atoms with Gasteiger partial charge in [0.05, 0.1) is 0 Å². The Hall–Kier alpha value is -2.36. The molecule has 0 bridgehead atoms. The number of aromatic nitrogens is 1. The van der Waals surface area contributed by atoms with Crippen LogP contribution < -0.4 is 9.80 Å². The molecule has 1 aromatic carbocycles. The number of amides is 1. The van der Waals surface area contributed by atoms with Gasteiger partial charge in [0.25, 0.3) is 5.91 Å². The van der Waals surface area contributed by atoms with Gasteiger partial charge in [0.2, 0.25) is 0 Å². The maximum Gasteiger partial charge on any atom is 0.276 e. The zero-order chi connectivity index (χ0) is 16.9. The highest BCUT2D eigenvalue weighted by molar-refractivity contribution is 6.05. The van der Waals surface area contributed by atoms with Crippen LogP contribution in [0.1, 0.15) is 37.2 Å². The van der Waals surface area contributed by atoms with Crippen LogP contribution in [0.4, 0.5) is 11.4 Å². The molecule has 1 fully saturated rings. The molecular formula is C20H25N3O. The number of hydrogen-bond donors (Lipinski definition) is 0. The van der Waals surface area contributed by atoms with Gasteiger partial charge in [0, 0.05) is 37.2 Å². The third-order valence-corrected chi connectivity index (χ3v) is 4.74. The summed E-state index contributed by atoms with van der Waals surface area (Å²) in [7, 11) is 0. The van der Waals surface area contributed by atoms with Crippen molar-refractivity contribution >= 4 is 17.3 Å². The molecule has 0 unspecified atom stereocenters. The summed E-state index contributed by atoms with van der Waals surface area (Å²) in [5, 5.41) is 0. The van der Waals surface area contributed by atoms with E-state index in [-0.39, 0.29) is 5.91 Å². The predicted molar refractivity (Wildman–Crippen MR) is 98.6 cm³/mol. The second-order valence-electron chi connectivity index (χ2n) is 6.45. The van der Waals surface area contributed by atoms with E-state index >= 15 is 0 Å². The van der Waals surface area contributed by atoms with Crippen molar-refractivity contribution < 1.29 is 4.79 Å². The minimum Gasteiger partial charge on any atom is -0.371 e. The van der Waals surface area contributed by atoms with Crippen LogP contribution in [-0.2, 0) is 0 Å². The number of hydrogen-bond acceptors (Lipinski definition) is 3. The standard InChI is InChI=1S/C20H25N3O/c1-3-23(17-7-5-4-6-8-17)20(24)19-15-18(9-12-21-19)22-13-10-16(2)11-14-22/h4-9,12,15-16H,3,10-11,13-14H2,1-2H3. The highest BCUT2D eigenvalue weighted by Crippen LogP contribution is 2.24. The number of anilines is 2. The smallest absolute Gasteiger partial charge is 0.276 e. The van der Waals surface area contributed by atoms with Crippen molar-refractivity contribution in [1.82, 2.24) is 4.98 Å². The molecule has 0 aliphatic carbocycles. The molecule has 126 valence electrons. The molecule has 1 aliphatic rings. The van der Waals surface area contributed by atoms with Gasteiger partial charge in [0.1, 0.15) is 5.69 Å². The van der Waals surface area contributed by atoms with Gasteiger partial charge in [-0.2, -0.15) is 0 Å². The Labute approximate surface area is 144 Å². The van der Waals surface area contributed by atoms with Gasteiger partial charge in [-0.25, -0.2) is 0 Å². The van der Waals surface area contributed by atoms with E-state index < -0.39 is 0 Å². The second kappa shape index (κ2) is 7.47. The van der Waals surface area contributed by atoms with Gasteiger partial charge in [-0.05, 0) is 49.9 Å². The number of pyridine rings is 1. The molecule has 2 heterocycles. The largest absolute Gasteiger partial charge is 0.371 e. The van der Waals surface area contributed by atoms with Crippen molar-refractivity contribution in [2.45, 2.75) is 26.7 Å². The Morgan fingerprint density at radius 1 is 1.21 bits per heavy atom. The molecule has 0 saturated carbocycles. The van der Waals surface area contributed by atoms with Gasteiger partial charge in [-0.1, -0.05) is 25.1 Å². The number of carbonyl (C=O) groups is 1. The molecule has 1 aliphatic heterocycles. The summed E-state index contributed by atoms with van der Waals surface area (Å²) >= 11 is 0. The van der Waals surface area contributed by atoms with E-state index in [1.54, 1.807) is 11.1 Å². The van der Waals surface area contributed by atoms with Gasteiger partial charge in [-0.15, -0.1) is 0 Å². The van der Waals surface area contributed by atoms with E-state index in [0.717, 1.165) is 30.4 Å². The fraction of sp³-hybridized carbons (Fsp3) is 0.400. The van der Waals surface area contributed by atoms with Crippen molar-refractivity contribution in [3.8, 4) is 0 Å². The highest BCUT2D eigenvalue weighted by atomic mass is 16.2. The van der Waals surface area contributed by atoms with E-state index in [1.165, 1.54) is 12.8 Å². The van der Waals surface area contributed by atoms with Crippen LogP contribution in [-0.4, -0.2) is 30.5 Å². The maximum absolute atomic E-state index is 12.9. The summed E-state index contributed by atoms with van der Waals surface area (Å²) in [5.41, 5.74) is 2.52. The summed E-state index contributed by atoms with van der Waals surface area (Å²) in [6.07, 6.45) is 4.16. The van der Waals surface area contributed by atoms with Crippen molar-refractivity contribution in [3.63, 3.8) is 0 Å². The number of rotatable bonds is 4. The van der Waals surface area contributed by atoms with Gasteiger partial charge >= 0.3 is 0 Å². The van der Waals surface area contributed by atoms with E-state index in [2.05, 4.69) is 16.8 Å². The minimum atomic E-state index is -0.0454. The summed E-state index contributed by atoms with van der Waals surface area (Å²) in [4.78, 5) is 21.4. The Kier molecular flexibility index (Phi) is 5.14. The summed E-state index contributed by atoms with van der Waals surface area (Å²) < 4.78 is 0. The lowest BCUT2D eigenvalue weighted by Crippen LogP contribution is -2.34. The lowest BCUT2D eigenvalue weighted by atomic mass is 9.99. The monoisotopic (exact) mass is 323 g/mol. The number of piperidine rings is 1. The number of benzene rings is 1. The summed E-state index contributed by atoms with van der Waals surface area (Å²) in [6.45, 7) is 7.01. The quantitative estimate of drug-likeness (QED) is 0.854. The number of nitrogens with zero attached hydrogens (tertiary/aromatic N) is 3. The van der Waals surface area contributed by atoms with Gasteiger partial charge < -0.3 is 9.80 Å². The van der Waals surface area contributed by atoms with Crippen LogP contribution >= 0.6 is 0 Å². The molecule has 4 heteroatoms. The third-order valence-electron chi connectivity index (χ3n) is 4.74. The summed E-state index contributed by atoms with van der Waals surface area (Å²) in [6, 6.07) is 13.7. The molecule has 0 N–H and O–H groups in total. The first-order valence-electron chi connectivity index (χ1n) is 8.77. The topological polar surface area (TPSA) is 36.4 Å². The van der Waals surface area contributed by atoms with Crippen molar-refractivity contribution in [3.05, 3.63) is 54.4 Å². The Morgan fingerprint density at radius 2 is 1.92 bits per heavy atom. The zero-order valence-electron chi connectivity index (χ0n) is 14.5. The fourth-order valence-electron chi connectivity index (χ4n) is 3.19. The Bertz CT molecular complexity index is 678. The van der Waals surface area contributed by atoms with E-state index in [0.29, 0.717) is 12.2 Å². The first-order valence-corrected chi connectivity index (χ1v) is 8.77. The van der Waals surface area contributed by atoms with Crippen LogP contribution in [0.3, 0.4) is 0 Å². The molecular weight excluding hydrogens is 298 g/mol. The first-order chi connectivity index (χ1) is 11.7. The van der Waals surface area contributed by atoms with Gasteiger partial charge in [0.15, 0.2) is 0 Å². The normalized spacial score (nSPS) is 15.3. The molecule has 3 rings (SSSR count).